The second-order valence-electron chi connectivity index (χ2n) is 4.40. The normalized spacial score (nSPS) is 10.3. The van der Waals surface area contributed by atoms with Crippen LogP contribution in [-0.4, -0.2) is 9.78 Å². The summed E-state index contributed by atoms with van der Waals surface area (Å²) in [5, 5.41) is 13.0. The van der Waals surface area contributed by atoms with Gasteiger partial charge in [-0.05, 0) is 24.6 Å². The first-order valence-corrected chi connectivity index (χ1v) is 6.25. The van der Waals surface area contributed by atoms with Gasteiger partial charge in [0.1, 0.15) is 5.69 Å². The summed E-state index contributed by atoms with van der Waals surface area (Å²) in [7, 11) is 1.69. The number of anilines is 1. The number of hydrogen-bond donors (Lipinski definition) is 1. The molecule has 1 aromatic carbocycles. The van der Waals surface area contributed by atoms with E-state index < -0.39 is 5.82 Å². The van der Waals surface area contributed by atoms with E-state index in [1.165, 1.54) is 16.8 Å². The van der Waals surface area contributed by atoms with Gasteiger partial charge in [-0.3, -0.25) is 0 Å². The Labute approximate surface area is 116 Å². The standard InChI is InChI=1S/C14H15FN4O/c1-3-4-11-13(17)14(19(2)18-11)20-12-6-5-9(8-16)7-10(12)15/h5-7H,3-4,17H2,1-2H3. The number of ether oxygens (including phenoxy) is 1. The summed E-state index contributed by atoms with van der Waals surface area (Å²) in [6.07, 6.45) is 1.64. The summed E-state index contributed by atoms with van der Waals surface area (Å²) in [4.78, 5) is 0. The van der Waals surface area contributed by atoms with Gasteiger partial charge in [-0.25, -0.2) is 9.07 Å². The minimum Gasteiger partial charge on any atom is -0.434 e. The van der Waals surface area contributed by atoms with Crippen LogP contribution in [0.25, 0.3) is 0 Å². The van der Waals surface area contributed by atoms with Gasteiger partial charge < -0.3 is 10.5 Å². The van der Waals surface area contributed by atoms with E-state index >= 15 is 0 Å². The molecule has 1 aromatic heterocycles. The first-order valence-electron chi connectivity index (χ1n) is 6.25. The molecule has 0 saturated heterocycles. The molecule has 1 heterocycles. The third-order valence-electron chi connectivity index (χ3n) is 2.86. The Bertz CT molecular complexity index is 673. The number of aromatic nitrogens is 2. The number of hydrogen-bond acceptors (Lipinski definition) is 4. The molecule has 2 aromatic rings. The van der Waals surface area contributed by atoms with Crippen molar-refractivity contribution in [2.75, 3.05) is 5.73 Å². The molecule has 0 aliphatic heterocycles. The number of nitrogen functional groups attached to an aromatic ring is 1. The predicted molar refractivity (Wildman–Crippen MR) is 72.8 cm³/mol. The summed E-state index contributed by atoms with van der Waals surface area (Å²) in [5.41, 5.74) is 7.35. The van der Waals surface area contributed by atoms with Crippen molar-refractivity contribution in [3.63, 3.8) is 0 Å². The molecule has 0 aliphatic rings. The van der Waals surface area contributed by atoms with E-state index in [-0.39, 0.29) is 11.3 Å². The number of nitrogens with zero attached hydrogens (tertiary/aromatic N) is 3. The van der Waals surface area contributed by atoms with Crippen LogP contribution in [0.4, 0.5) is 10.1 Å². The number of nitriles is 1. The molecule has 0 bridgehead atoms. The molecule has 6 heteroatoms. The second kappa shape index (κ2) is 5.61. The molecule has 2 N–H and O–H groups in total. The zero-order chi connectivity index (χ0) is 14.7. The van der Waals surface area contributed by atoms with Gasteiger partial charge >= 0.3 is 0 Å². The summed E-state index contributed by atoms with van der Waals surface area (Å²) in [5.74, 6) is -0.291. The molecule has 0 saturated carbocycles. The van der Waals surface area contributed by atoms with Crippen LogP contribution in [0.1, 0.15) is 24.6 Å². The fraction of sp³-hybridized carbons (Fsp3) is 0.286. The van der Waals surface area contributed by atoms with Crippen LogP contribution in [0, 0.1) is 17.1 Å². The third kappa shape index (κ3) is 2.57. The largest absolute Gasteiger partial charge is 0.434 e. The monoisotopic (exact) mass is 274 g/mol. The molecular weight excluding hydrogens is 259 g/mol. The lowest BCUT2D eigenvalue weighted by Crippen LogP contribution is -1.98. The molecule has 0 fully saturated rings. The predicted octanol–water partition coefficient (Wildman–Crippen LogP) is 2.76. The zero-order valence-electron chi connectivity index (χ0n) is 11.4. The van der Waals surface area contributed by atoms with Crippen molar-refractivity contribution in [3.8, 4) is 17.7 Å². The Morgan fingerprint density at radius 2 is 2.25 bits per heavy atom. The maximum Gasteiger partial charge on any atom is 0.241 e. The molecule has 0 radical (unpaired) electrons. The van der Waals surface area contributed by atoms with Gasteiger partial charge in [0.05, 0.1) is 17.3 Å². The molecule has 5 nitrogen and oxygen atoms in total. The Hall–Kier alpha value is -2.55. The van der Waals surface area contributed by atoms with Crippen LogP contribution in [0.3, 0.4) is 0 Å². The fourth-order valence-electron chi connectivity index (χ4n) is 1.88. The highest BCUT2D eigenvalue weighted by atomic mass is 19.1. The lowest BCUT2D eigenvalue weighted by atomic mass is 10.2. The van der Waals surface area contributed by atoms with Gasteiger partial charge in [-0.1, -0.05) is 13.3 Å². The average molecular weight is 274 g/mol. The highest BCUT2D eigenvalue weighted by Crippen LogP contribution is 2.31. The first kappa shape index (κ1) is 13.9. The van der Waals surface area contributed by atoms with Gasteiger partial charge in [-0.15, -0.1) is 0 Å². The van der Waals surface area contributed by atoms with E-state index in [0.717, 1.165) is 24.6 Å². The summed E-state index contributed by atoms with van der Waals surface area (Å²) in [6.45, 7) is 2.02. The summed E-state index contributed by atoms with van der Waals surface area (Å²) in [6, 6.07) is 5.87. The molecule has 0 unspecified atom stereocenters. The Kier molecular flexibility index (Phi) is 3.89. The van der Waals surface area contributed by atoms with Crippen LogP contribution >= 0.6 is 0 Å². The van der Waals surface area contributed by atoms with E-state index in [1.54, 1.807) is 7.05 Å². The molecular formula is C14H15FN4O. The SMILES string of the molecule is CCCc1nn(C)c(Oc2ccc(C#N)cc2F)c1N. The van der Waals surface area contributed by atoms with E-state index in [9.17, 15) is 4.39 Å². The third-order valence-corrected chi connectivity index (χ3v) is 2.86. The van der Waals surface area contributed by atoms with Gasteiger partial charge in [0.15, 0.2) is 11.6 Å². The van der Waals surface area contributed by atoms with Crippen molar-refractivity contribution in [2.24, 2.45) is 7.05 Å². The molecule has 0 atom stereocenters. The highest BCUT2D eigenvalue weighted by molar-refractivity contribution is 5.54. The molecule has 2 rings (SSSR count). The number of benzene rings is 1. The first-order chi connectivity index (χ1) is 9.56. The smallest absolute Gasteiger partial charge is 0.241 e. The lowest BCUT2D eigenvalue weighted by molar-refractivity contribution is 0.405. The minimum absolute atomic E-state index is 0.0155. The maximum absolute atomic E-state index is 13.8. The number of halogens is 1. The topological polar surface area (TPSA) is 76.9 Å². The van der Waals surface area contributed by atoms with E-state index in [1.807, 2.05) is 13.0 Å². The van der Waals surface area contributed by atoms with Crippen molar-refractivity contribution >= 4 is 5.69 Å². The van der Waals surface area contributed by atoms with Crippen LogP contribution < -0.4 is 10.5 Å². The molecule has 0 aliphatic carbocycles. The molecule has 104 valence electrons. The van der Waals surface area contributed by atoms with E-state index in [2.05, 4.69) is 5.10 Å². The van der Waals surface area contributed by atoms with Crippen molar-refractivity contribution in [2.45, 2.75) is 19.8 Å². The van der Waals surface area contributed by atoms with E-state index in [0.29, 0.717) is 11.6 Å². The van der Waals surface area contributed by atoms with Crippen LogP contribution in [-0.2, 0) is 13.5 Å². The molecule has 20 heavy (non-hydrogen) atoms. The zero-order valence-corrected chi connectivity index (χ0v) is 11.4. The van der Waals surface area contributed by atoms with Crippen LogP contribution in [0.2, 0.25) is 0 Å². The molecule has 0 spiro atoms. The number of nitrogens with two attached hydrogens (primary N) is 1. The van der Waals surface area contributed by atoms with Gasteiger partial charge in [0.25, 0.3) is 0 Å². The average Bonchev–Trinajstić information content (AvgIpc) is 2.69. The quantitative estimate of drug-likeness (QED) is 0.930. The Morgan fingerprint density at radius 1 is 1.50 bits per heavy atom. The van der Waals surface area contributed by atoms with Gasteiger partial charge in [0, 0.05) is 7.05 Å². The fourth-order valence-corrected chi connectivity index (χ4v) is 1.88. The van der Waals surface area contributed by atoms with Gasteiger partial charge in [0.2, 0.25) is 5.88 Å². The minimum atomic E-state index is -0.610. The Balaban J connectivity index is 2.33. The summed E-state index contributed by atoms with van der Waals surface area (Å²) >= 11 is 0. The highest BCUT2D eigenvalue weighted by Gasteiger charge is 2.16. The van der Waals surface area contributed by atoms with E-state index in [4.69, 9.17) is 15.7 Å². The van der Waals surface area contributed by atoms with Crippen molar-refractivity contribution < 1.29 is 9.13 Å². The maximum atomic E-state index is 13.8. The summed E-state index contributed by atoms with van der Waals surface area (Å²) < 4.78 is 20.8. The van der Waals surface area contributed by atoms with Crippen LogP contribution in [0.15, 0.2) is 18.2 Å². The van der Waals surface area contributed by atoms with Gasteiger partial charge in [-0.2, -0.15) is 10.4 Å². The lowest BCUT2D eigenvalue weighted by Gasteiger charge is -2.07. The number of rotatable bonds is 4. The number of aryl methyl sites for hydroxylation is 2. The van der Waals surface area contributed by atoms with Crippen LogP contribution in [0.5, 0.6) is 11.6 Å². The van der Waals surface area contributed by atoms with Crippen molar-refractivity contribution in [1.29, 1.82) is 5.26 Å². The van der Waals surface area contributed by atoms with Crippen molar-refractivity contribution in [3.05, 3.63) is 35.3 Å². The van der Waals surface area contributed by atoms with Crippen molar-refractivity contribution in [1.82, 2.24) is 9.78 Å². The Morgan fingerprint density at radius 3 is 2.85 bits per heavy atom. The molecule has 0 amide bonds. The second-order valence-corrected chi connectivity index (χ2v) is 4.40.